The highest BCUT2D eigenvalue weighted by atomic mass is 19.1. The van der Waals surface area contributed by atoms with Gasteiger partial charge in [-0.05, 0) is 39.1 Å². The van der Waals surface area contributed by atoms with E-state index in [0.717, 1.165) is 54.7 Å². The SMILES string of the molecule is CC(C)N1CCOc2c(F)cc(-c3nc(Cc4ncc(N5CCN(C)CC5)c5[nH]ccc45)ncc3F)cc21. The van der Waals surface area contributed by atoms with Crippen LogP contribution in [0.4, 0.5) is 20.2 Å². The molecular weight excluding hydrogens is 488 g/mol. The molecule has 0 spiro atoms. The summed E-state index contributed by atoms with van der Waals surface area (Å²) in [7, 11) is 2.13. The first-order valence-corrected chi connectivity index (χ1v) is 13.0. The first-order chi connectivity index (χ1) is 18.4. The van der Waals surface area contributed by atoms with E-state index in [4.69, 9.17) is 9.72 Å². The molecule has 198 valence electrons. The summed E-state index contributed by atoms with van der Waals surface area (Å²) >= 11 is 0. The van der Waals surface area contributed by atoms with E-state index >= 15 is 4.39 Å². The van der Waals surface area contributed by atoms with Crippen molar-refractivity contribution >= 4 is 22.3 Å². The number of fused-ring (bicyclic) bond motifs is 2. The minimum Gasteiger partial charge on any atom is -0.486 e. The van der Waals surface area contributed by atoms with Crippen LogP contribution in [-0.2, 0) is 6.42 Å². The van der Waals surface area contributed by atoms with Crippen molar-refractivity contribution in [2.45, 2.75) is 26.3 Å². The second-order valence-electron chi connectivity index (χ2n) is 10.2. The Morgan fingerprint density at radius 1 is 1.00 bits per heavy atom. The van der Waals surface area contributed by atoms with Crippen LogP contribution < -0.4 is 14.5 Å². The van der Waals surface area contributed by atoms with Gasteiger partial charge in [0.25, 0.3) is 0 Å². The van der Waals surface area contributed by atoms with Crippen LogP contribution in [0.5, 0.6) is 5.75 Å². The smallest absolute Gasteiger partial charge is 0.178 e. The average Bonchev–Trinajstić information content (AvgIpc) is 3.41. The Kier molecular flexibility index (Phi) is 6.35. The van der Waals surface area contributed by atoms with Gasteiger partial charge < -0.3 is 24.4 Å². The van der Waals surface area contributed by atoms with Crippen molar-refractivity contribution < 1.29 is 13.5 Å². The Morgan fingerprint density at radius 3 is 2.61 bits per heavy atom. The van der Waals surface area contributed by atoms with Crippen molar-refractivity contribution in [3.05, 3.63) is 59.9 Å². The van der Waals surface area contributed by atoms with Gasteiger partial charge in [0.2, 0.25) is 0 Å². The number of rotatable bonds is 5. The van der Waals surface area contributed by atoms with E-state index in [-0.39, 0.29) is 17.5 Å². The number of nitrogens with one attached hydrogen (secondary N) is 1. The maximum atomic E-state index is 15.0. The molecule has 1 saturated heterocycles. The Hall–Kier alpha value is -3.79. The highest BCUT2D eigenvalue weighted by molar-refractivity contribution is 5.92. The van der Waals surface area contributed by atoms with Crippen molar-refractivity contribution in [1.82, 2.24) is 24.8 Å². The minimum atomic E-state index is -0.605. The number of benzene rings is 1. The summed E-state index contributed by atoms with van der Waals surface area (Å²) in [4.78, 5) is 23.6. The third-order valence-electron chi connectivity index (χ3n) is 7.43. The van der Waals surface area contributed by atoms with Crippen LogP contribution in [0.15, 0.2) is 36.8 Å². The fourth-order valence-corrected chi connectivity index (χ4v) is 5.34. The van der Waals surface area contributed by atoms with Gasteiger partial charge in [-0.3, -0.25) is 4.98 Å². The number of pyridine rings is 1. The van der Waals surface area contributed by atoms with Gasteiger partial charge in [0.15, 0.2) is 17.4 Å². The van der Waals surface area contributed by atoms with E-state index in [1.54, 1.807) is 6.07 Å². The Balaban J connectivity index is 1.33. The molecule has 0 aliphatic carbocycles. The quantitative estimate of drug-likeness (QED) is 0.423. The summed E-state index contributed by atoms with van der Waals surface area (Å²) in [6, 6.07) is 5.17. The zero-order chi connectivity index (χ0) is 26.4. The summed E-state index contributed by atoms with van der Waals surface area (Å²) < 4.78 is 35.6. The van der Waals surface area contributed by atoms with Crippen molar-refractivity contribution in [3.8, 4) is 17.0 Å². The Bertz CT molecular complexity index is 1480. The molecule has 0 atom stereocenters. The lowest BCUT2D eigenvalue weighted by Gasteiger charge is -2.34. The van der Waals surface area contributed by atoms with Crippen molar-refractivity contribution in [3.63, 3.8) is 0 Å². The van der Waals surface area contributed by atoms with Gasteiger partial charge >= 0.3 is 0 Å². The van der Waals surface area contributed by atoms with Crippen LogP contribution in [0, 0.1) is 11.6 Å². The highest BCUT2D eigenvalue weighted by Crippen LogP contribution is 2.39. The van der Waals surface area contributed by atoms with Gasteiger partial charge in [-0.25, -0.2) is 18.7 Å². The van der Waals surface area contributed by atoms with Gasteiger partial charge in [0, 0.05) is 49.4 Å². The number of hydrogen-bond donors (Lipinski definition) is 1. The molecule has 1 aromatic carbocycles. The van der Waals surface area contributed by atoms with E-state index in [2.05, 4.69) is 36.7 Å². The maximum Gasteiger partial charge on any atom is 0.178 e. The van der Waals surface area contributed by atoms with Gasteiger partial charge in [0.05, 0.1) is 47.9 Å². The summed E-state index contributed by atoms with van der Waals surface area (Å²) in [6.45, 7) is 8.98. The number of piperazine rings is 1. The van der Waals surface area contributed by atoms with Gasteiger partial charge in [-0.1, -0.05) is 0 Å². The maximum absolute atomic E-state index is 15.0. The van der Waals surface area contributed by atoms with Crippen LogP contribution in [0.25, 0.3) is 22.2 Å². The predicted octanol–water partition coefficient (Wildman–Crippen LogP) is 4.25. The number of nitrogens with zero attached hydrogens (tertiary/aromatic N) is 6. The second kappa shape index (κ2) is 9.83. The third-order valence-corrected chi connectivity index (χ3v) is 7.43. The van der Waals surface area contributed by atoms with E-state index in [0.29, 0.717) is 36.6 Å². The minimum absolute atomic E-state index is 0.0605. The fraction of sp³-hybridized carbons (Fsp3) is 0.393. The molecule has 38 heavy (non-hydrogen) atoms. The molecule has 0 unspecified atom stereocenters. The van der Waals surface area contributed by atoms with E-state index in [9.17, 15) is 4.39 Å². The van der Waals surface area contributed by atoms with Crippen molar-refractivity contribution in [1.29, 1.82) is 0 Å². The number of halogens is 2. The first-order valence-electron chi connectivity index (χ1n) is 13.0. The summed E-state index contributed by atoms with van der Waals surface area (Å²) in [5, 5.41) is 0.987. The molecule has 3 aromatic heterocycles. The molecule has 1 N–H and O–H groups in total. The third kappa shape index (κ3) is 4.42. The molecule has 2 aliphatic heterocycles. The number of ether oxygens (including phenoxy) is 1. The highest BCUT2D eigenvalue weighted by Gasteiger charge is 2.26. The Morgan fingerprint density at radius 2 is 1.82 bits per heavy atom. The summed E-state index contributed by atoms with van der Waals surface area (Å²) in [5.74, 6) is -0.523. The fourth-order valence-electron chi connectivity index (χ4n) is 5.34. The summed E-state index contributed by atoms with van der Waals surface area (Å²) in [5.41, 5.74) is 3.91. The number of likely N-dealkylation sites (N-methyl/N-ethyl adjacent to an activating group) is 1. The number of hydrogen-bond acceptors (Lipinski definition) is 7. The van der Waals surface area contributed by atoms with Gasteiger partial charge in [-0.15, -0.1) is 0 Å². The zero-order valence-corrected chi connectivity index (χ0v) is 21.8. The van der Waals surface area contributed by atoms with E-state index in [1.165, 1.54) is 6.07 Å². The van der Waals surface area contributed by atoms with E-state index < -0.39 is 11.6 Å². The van der Waals surface area contributed by atoms with Crippen molar-refractivity contribution in [2.24, 2.45) is 0 Å². The standard InChI is InChI=1S/C28H31F2N7O/c1-17(2)37-10-11-38-28-20(29)12-18(13-23(28)37)26-21(30)15-33-25(34-26)14-22-19-4-5-31-27(19)24(16-32-22)36-8-6-35(3)7-9-36/h4-5,12-13,15-17,31H,6-11,14H2,1-3H3. The lowest BCUT2D eigenvalue weighted by atomic mass is 10.1. The zero-order valence-electron chi connectivity index (χ0n) is 21.8. The molecular formula is C28H31F2N7O. The molecule has 0 saturated carbocycles. The topological polar surface area (TPSA) is 73.4 Å². The van der Waals surface area contributed by atoms with Gasteiger partial charge in [-0.2, -0.15) is 0 Å². The van der Waals surface area contributed by atoms with Gasteiger partial charge in [0.1, 0.15) is 18.1 Å². The van der Waals surface area contributed by atoms with Crippen LogP contribution in [0.3, 0.4) is 0 Å². The Labute approximate surface area is 220 Å². The number of aromatic nitrogens is 4. The predicted molar refractivity (Wildman–Crippen MR) is 144 cm³/mol. The molecule has 0 bridgehead atoms. The first kappa shape index (κ1) is 24.5. The van der Waals surface area contributed by atoms with Crippen molar-refractivity contribution in [2.75, 3.05) is 56.2 Å². The number of H-pyrrole nitrogens is 1. The molecule has 5 heterocycles. The molecule has 4 aromatic rings. The molecule has 0 amide bonds. The second-order valence-corrected chi connectivity index (χ2v) is 10.2. The molecule has 8 nitrogen and oxygen atoms in total. The molecule has 1 fully saturated rings. The molecule has 2 aliphatic rings. The number of anilines is 2. The number of aromatic amines is 1. The normalized spacial score (nSPS) is 16.3. The average molecular weight is 520 g/mol. The van der Waals surface area contributed by atoms with Crippen LogP contribution in [-0.4, -0.2) is 77.3 Å². The molecule has 0 radical (unpaired) electrons. The van der Waals surface area contributed by atoms with Crippen LogP contribution in [0.1, 0.15) is 25.4 Å². The molecule has 10 heteroatoms. The largest absolute Gasteiger partial charge is 0.486 e. The van der Waals surface area contributed by atoms with Crippen LogP contribution in [0.2, 0.25) is 0 Å². The lowest BCUT2D eigenvalue weighted by Crippen LogP contribution is -2.44. The monoisotopic (exact) mass is 519 g/mol. The lowest BCUT2D eigenvalue weighted by molar-refractivity contribution is 0.287. The van der Waals surface area contributed by atoms with Crippen LogP contribution >= 0.6 is 0 Å². The van der Waals surface area contributed by atoms with E-state index in [1.807, 2.05) is 32.3 Å². The summed E-state index contributed by atoms with van der Waals surface area (Å²) in [6.07, 6.45) is 5.27. The molecule has 6 rings (SSSR count).